The predicted molar refractivity (Wildman–Crippen MR) is 362 cm³/mol. The molecule has 0 N–H and O–H groups in total. The normalized spacial score (nSPS) is 12.4. The molecule has 0 saturated carbocycles. The third-order valence-electron chi connectivity index (χ3n) is 16.5. The first-order chi connectivity index (χ1) is 41.0. The van der Waals surface area contributed by atoms with E-state index in [9.17, 15) is 14.4 Å². The fourth-order valence-corrected chi connectivity index (χ4v) is 10.9. The van der Waals surface area contributed by atoms with E-state index in [-0.39, 0.29) is 31.1 Å². The third kappa shape index (κ3) is 69.8. The monoisotopic (exact) mass is 1160 g/mol. The molecule has 0 aliphatic carbocycles. The van der Waals surface area contributed by atoms with Gasteiger partial charge in [0.1, 0.15) is 13.2 Å². The molecule has 0 aromatic rings. The van der Waals surface area contributed by atoms with Gasteiger partial charge in [0.15, 0.2) is 6.10 Å². The molecule has 0 rings (SSSR count). The zero-order valence-corrected chi connectivity index (χ0v) is 55.7. The van der Waals surface area contributed by atoms with Crippen molar-refractivity contribution < 1.29 is 28.6 Å². The minimum Gasteiger partial charge on any atom is -0.462 e. The molecule has 0 spiro atoms. The molecule has 6 nitrogen and oxygen atoms in total. The van der Waals surface area contributed by atoms with Crippen LogP contribution in [0.2, 0.25) is 0 Å². The van der Waals surface area contributed by atoms with Gasteiger partial charge in [-0.2, -0.15) is 0 Å². The molecule has 0 saturated heterocycles. The quantitative estimate of drug-likeness (QED) is 0.0261. The highest BCUT2D eigenvalue weighted by atomic mass is 16.6. The maximum atomic E-state index is 13.0. The number of ether oxygens (including phenoxy) is 3. The molecule has 0 aromatic carbocycles. The summed E-state index contributed by atoms with van der Waals surface area (Å²) in [6.07, 6.45) is 92.4. The Hall–Kier alpha value is -2.89. The lowest BCUT2D eigenvalue weighted by Gasteiger charge is -2.18. The highest BCUT2D eigenvalue weighted by Crippen LogP contribution is 2.18. The summed E-state index contributed by atoms with van der Waals surface area (Å²) >= 11 is 0. The Balaban J connectivity index is 4.35. The summed E-state index contributed by atoms with van der Waals surface area (Å²) in [7, 11) is 0. The van der Waals surface area contributed by atoms with E-state index in [2.05, 4.69) is 81.5 Å². The average molecular weight is 1160 g/mol. The van der Waals surface area contributed by atoms with Gasteiger partial charge in [-0.25, -0.2) is 0 Å². The second-order valence-electron chi connectivity index (χ2n) is 24.8. The molecule has 0 bridgehead atoms. The summed E-state index contributed by atoms with van der Waals surface area (Å²) in [6.45, 7) is 6.68. The lowest BCUT2D eigenvalue weighted by molar-refractivity contribution is -0.167. The van der Waals surface area contributed by atoms with Crippen molar-refractivity contribution in [3.63, 3.8) is 0 Å². The van der Waals surface area contributed by atoms with Crippen molar-refractivity contribution in [3.8, 4) is 0 Å². The van der Waals surface area contributed by atoms with Gasteiger partial charge in [-0.1, -0.05) is 326 Å². The maximum absolute atomic E-state index is 13.0. The van der Waals surface area contributed by atoms with E-state index in [1.54, 1.807) is 0 Å². The van der Waals surface area contributed by atoms with Gasteiger partial charge in [0, 0.05) is 19.3 Å². The molecule has 1 atom stereocenters. The lowest BCUT2D eigenvalue weighted by atomic mass is 10.0. The van der Waals surface area contributed by atoms with Crippen molar-refractivity contribution in [3.05, 3.63) is 60.8 Å². The van der Waals surface area contributed by atoms with E-state index in [1.165, 1.54) is 283 Å². The Morgan fingerprint density at radius 2 is 0.434 bits per heavy atom. The highest BCUT2D eigenvalue weighted by molar-refractivity contribution is 5.71. The zero-order chi connectivity index (χ0) is 59.9. The molecule has 0 radical (unpaired) electrons. The highest BCUT2D eigenvalue weighted by Gasteiger charge is 2.19. The first-order valence-corrected chi connectivity index (χ1v) is 36.8. The van der Waals surface area contributed by atoms with Gasteiger partial charge in [0.2, 0.25) is 0 Å². The van der Waals surface area contributed by atoms with Crippen molar-refractivity contribution >= 4 is 17.9 Å². The number of unbranched alkanes of at least 4 members (excludes halogenated alkanes) is 47. The zero-order valence-electron chi connectivity index (χ0n) is 55.7. The summed E-state index contributed by atoms with van der Waals surface area (Å²) in [6, 6.07) is 0. The van der Waals surface area contributed by atoms with E-state index in [0.717, 1.165) is 70.6 Å². The van der Waals surface area contributed by atoms with Crippen molar-refractivity contribution in [2.75, 3.05) is 13.2 Å². The molecule has 0 aromatic heterocycles. The topological polar surface area (TPSA) is 78.9 Å². The molecular weight excluding hydrogens is 1020 g/mol. The van der Waals surface area contributed by atoms with Gasteiger partial charge in [0.05, 0.1) is 0 Å². The fourth-order valence-electron chi connectivity index (χ4n) is 10.9. The number of hydrogen-bond acceptors (Lipinski definition) is 6. The second kappa shape index (κ2) is 71.6. The van der Waals surface area contributed by atoms with Crippen LogP contribution in [-0.2, 0) is 28.6 Å². The van der Waals surface area contributed by atoms with Crippen molar-refractivity contribution in [2.45, 2.75) is 399 Å². The van der Waals surface area contributed by atoms with E-state index >= 15 is 0 Å². The second-order valence-corrected chi connectivity index (χ2v) is 24.8. The van der Waals surface area contributed by atoms with Crippen LogP contribution >= 0.6 is 0 Å². The molecular formula is C77H140O6. The van der Waals surface area contributed by atoms with E-state index in [1.807, 2.05) is 0 Å². The van der Waals surface area contributed by atoms with Gasteiger partial charge in [-0.15, -0.1) is 0 Å². The summed E-state index contributed by atoms with van der Waals surface area (Å²) in [5, 5.41) is 0. The molecule has 6 heteroatoms. The number of esters is 3. The average Bonchev–Trinajstić information content (AvgIpc) is 3.49. The largest absolute Gasteiger partial charge is 0.462 e. The van der Waals surface area contributed by atoms with Crippen LogP contribution in [0.15, 0.2) is 60.8 Å². The Morgan fingerprint density at radius 1 is 0.241 bits per heavy atom. The standard InChI is InChI=1S/C77H140O6/c1-4-7-10-13-16-19-22-25-28-31-34-37-38-41-43-46-49-52-55-58-61-64-67-70-76(79)82-73-74(83-77(80)71-68-65-62-59-56-53-50-47-44-40-36-33-30-27-24-21-18-15-12-9-6-3)72-81-75(78)69-66-63-60-57-54-51-48-45-42-39-35-32-29-26-23-20-17-14-11-8-5-2/h22,24-25,27,31-36,74H,4-21,23,26,28-30,37-73H2,1-3H3/b25-22-,27-24-,34-31-,35-32-,36-33-. The fraction of sp³-hybridized carbons (Fsp3) is 0.831. The van der Waals surface area contributed by atoms with Crippen LogP contribution in [0.1, 0.15) is 393 Å². The van der Waals surface area contributed by atoms with Crippen LogP contribution < -0.4 is 0 Å². The summed E-state index contributed by atoms with van der Waals surface area (Å²) in [4.78, 5) is 38.6. The Morgan fingerprint density at radius 3 is 0.675 bits per heavy atom. The third-order valence-corrected chi connectivity index (χ3v) is 16.5. The SMILES string of the molecule is CCCCCCC/C=C\C/C=C\CCCCCCCCCCCCCC(=O)OCC(COC(=O)CCCCCCCCCCC/C=C\CCCCCCCCCC)OC(=O)CCCCCCCCCCC/C=C\C/C=C\CCCCCCC. The van der Waals surface area contributed by atoms with E-state index in [4.69, 9.17) is 14.2 Å². The van der Waals surface area contributed by atoms with Gasteiger partial charge >= 0.3 is 17.9 Å². The Labute approximate surface area is 517 Å². The van der Waals surface area contributed by atoms with Gasteiger partial charge in [-0.3, -0.25) is 14.4 Å². The molecule has 83 heavy (non-hydrogen) atoms. The van der Waals surface area contributed by atoms with Gasteiger partial charge in [-0.05, 0) is 109 Å². The summed E-state index contributed by atoms with van der Waals surface area (Å²) < 4.78 is 17.0. The van der Waals surface area contributed by atoms with Crippen LogP contribution in [0.3, 0.4) is 0 Å². The minimum atomic E-state index is -0.780. The minimum absolute atomic E-state index is 0.0748. The first kappa shape index (κ1) is 80.1. The molecule has 0 aliphatic rings. The number of carbonyl (C=O) groups excluding carboxylic acids is 3. The maximum Gasteiger partial charge on any atom is 0.306 e. The van der Waals surface area contributed by atoms with Crippen molar-refractivity contribution in [2.24, 2.45) is 0 Å². The predicted octanol–water partition coefficient (Wildman–Crippen LogP) is 25.5. The molecule has 0 amide bonds. The molecule has 1 unspecified atom stereocenters. The van der Waals surface area contributed by atoms with Crippen molar-refractivity contribution in [1.29, 1.82) is 0 Å². The summed E-state index contributed by atoms with van der Waals surface area (Å²) in [5.41, 5.74) is 0. The van der Waals surface area contributed by atoms with Crippen LogP contribution in [-0.4, -0.2) is 37.2 Å². The van der Waals surface area contributed by atoms with Crippen LogP contribution in [0.25, 0.3) is 0 Å². The van der Waals surface area contributed by atoms with Crippen LogP contribution in [0.5, 0.6) is 0 Å². The van der Waals surface area contributed by atoms with E-state index < -0.39 is 6.10 Å². The van der Waals surface area contributed by atoms with Gasteiger partial charge in [0.25, 0.3) is 0 Å². The molecule has 0 aliphatic heterocycles. The van der Waals surface area contributed by atoms with Crippen LogP contribution in [0.4, 0.5) is 0 Å². The number of allylic oxidation sites excluding steroid dienone is 10. The molecule has 0 heterocycles. The summed E-state index contributed by atoms with van der Waals surface area (Å²) in [5.74, 6) is -0.857. The molecule has 484 valence electrons. The number of rotatable bonds is 68. The van der Waals surface area contributed by atoms with E-state index in [0.29, 0.717) is 19.3 Å². The molecule has 0 fully saturated rings. The lowest BCUT2D eigenvalue weighted by Crippen LogP contribution is -2.30. The Kier molecular flexibility index (Phi) is 69.1. The Bertz CT molecular complexity index is 1470. The van der Waals surface area contributed by atoms with Crippen molar-refractivity contribution in [1.82, 2.24) is 0 Å². The number of hydrogen-bond donors (Lipinski definition) is 0. The van der Waals surface area contributed by atoms with Gasteiger partial charge < -0.3 is 14.2 Å². The van der Waals surface area contributed by atoms with Crippen LogP contribution in [0, 0.1) is 0 Å². The first-order valence-electron chi connectivity index (χ1n) is 36.8. The smallest absolute Gasteiger partial charge is 0.306 e. The number of carbonyl (C=O) groups is 3.